The highest BCUT2D eigenvalue weighted by Gasteiger charge is 2.18. The third kappa shape index (κ3) is 1.87. The molecule has 102 valence electrons. The van der Waals surface area contributed by atoms with Crippen LogP contribution < -0.4 is 0 Å². The highest BCUT2D eigenvalue weighted by atomic mass is 16.4. The average molecular weight is 269 g/mol. The van der Waals surface area contributed by atoms with E-state index in [1.54, 1.807) is 17.9 Å². The van der Waals surface area contributed by atoms with Crippen LogP contribution in [0.2, 0.25) is 0 Å². The van der Waals surface area contributed by atoms with Crippen molar-refractivity contribution in [1.82, 2.24) is 14.8 Å². The number of carboxylic acid groups (broad SMARTS) is 1. The van der Waals surface area contributed by atoms with Gasteiger partial charge in [-0.25, -0.2) is 0 Å². The van der Waals surface area contributed by atoms with Gasteiger partial charge in [-0.3, -0.25) is 9.48 Å². The summed E-state index contributed by atoms with van der Waals surface area (Å²) >= 11 is 0. The van der Waals surface area contributed by atoms with E-state index in [0.29, 0.717) is 5.69 Å². The van der Waals surface area contributed by atoms with Crippen molar-refractivity contribution in [3.63, 3.8) is 0 Å². The zero-order chi connectivity index (χ0) is 14.3. The van der Waals surface area contributed by atoms with E-state index in [4.69, 9.17) is 5.11 Å². The number of nitrogens with zero attached hydrogens (tertiary/aromatic N) is 2. The number of aliphatic carboxylic acids is 1. The summed E-state index contributed by atoms with van der Waals surface area (Å²) in [6.07, 6.45) is 1.70. The largest absolute Gasteiger partial charge is 0.481 e. The number of hydrogen-bond acceptors (Lipinski definition) is 2. The molecule has 3 aromatic rings. The van der Waals surface area contributed by atoms with Crippen molar-refractivity contribution in [3.05, 3.63) is 41.9 Å². The number of carboxylic acids is 1. The molecule has 0 aliphatic rings. The molecule has 5 heteroatoms. The first kappa shape index (κ1) is 12.5. The van der Waals surface area contributed by atoms with Gasteiger partial charge in [-0.1, -0.05) is 18.2 Å². The molecule has 0 spiro atoms. The van der Waals surface area contributed by atoms with Gasteiger partial charge in [0.1, 0.15) is 0 Å². The number of aromatic nitrogens is 3. The lowest BCUT2D eigenvalue weighted by molar-refractivity contribution is -0.136. The van der Waals surface area contributed by atoms with Gasteiger partial charge in [0.05, 0.1) is 18.3 Å². The SMILES string of the molecule is Cc1[nH]c2ccccc2c1-c1cnn(C)c1CC(=O)O. The number of benzene rings is 1. The van der Waals surface area contributed by atoms with E-state index >= 15 is 0 Å². The molecule has 0 aliphatic heterocycles. The fourth-order valence-corrected chi connectivity index (χ4v) is 2.65. The number of aryl methyl sites for hydroxylation is 2. The molecule has 1 aromatic carbocycles. The molecule has 2 heterocycles. The monoisotopic (exact) mass is 269 g/mol. The first-order valence-electron chi connectivity index (χ1n) is 6.38. The minimum absolute atomic E-state index is 0.0369. The lowest BCUT2D eigenvalue weighted by Gasteiger charge is -2.04. The van der Waals surface area contributed by atoms with Gasteiger partial charge in [-0.15, -0.1) is 0 Å². The van der Waals surface area contributed by atoms with Gasteiger partial charge in [0.15, 0.2) is 0 Å². The molecular weight excluding hydrogens is 254 g/mol. The maximum atomic E-state index is 11.0. The second-order valence-electron chi connectivity index (χ2n) is 4.87. The standard InChI is InChI=1S/C15H15N3O2/c1-9-15(10-5-3-4-6-12(10)17-9)11-8-16-18(2)13(11)7-14(19)20/h3-6,8,17H,7H2,1-2H3,(H,19,20). The molecule has 0 atom stereocenters. The van der Waals surface area contributed by atoms with E-state index in [1.807, 2.05) is 31.2 Å². The van der Waals surface area contributed by atoms with E-state index in [9.17, 15) is 4.79 Å². The summed E-state index contributed by atoms with van der Waals surface area (Å²) in [5.41, 5.74) is 4.69. The number of carbonyl (C=O) groups is 1. The molecule has 0 unspecified atom stereocenters. The molecule has 0 amide bonds. The molecule has 0 saturated carbocycles. The predicted octanol–water partition coefficient (Wildman–Crippen LogP) is 2.50. The van der Waals surface area contributed by atoms with Crippen LogP contribution in [-0.4, -0.2) is 25.8 Å². The summed E-state index contributed by atoms with van der Waals surface area (Å²) in [6.45, 7) is 1.99. The van der Waals surface area contributed by atoms with Crippen LogP contribution in [0.5, 0.6) is 0 Å². The minimum Gasteiger partial charge on any atom is -0.481 e. The number of hydrogen-bond donors (Lipinski definition) is 2. The van der Waals surface area contributed by atoms with Crippen LogP contribution in [0.4, 0.5) is 0 Å². The topological polar surface area (TPSA) is 70.9 Å². The Morgan fingerprint density at radius 2 is 2.15 bits per heavy atom. The molecule has 0 fully saturated rings. The molecule has 0 radical (unpaired) electrons. The van der Waals surface area contributed by atoms with E-state index < -0.39 is 5.97 Å². The Labute approximate surface area is 115 Å². The average Bonchev–Trinajstić information content (AvgIpc) is 2.90. The second-order valence-corrected chi connectivity index (χ2v) is 4.87. The zero-order valence-electron chi connectivity index (χ0n) is 11.3. The van der Waals surface area contributed by atoms with Crippen LogP contribution in [0.15, 0.2) is 30.5 Å². The third-order valence-corrected chi connectivity index (χ3v) is 3.54. The minimum atomic E-state index is -0.854. The number of para-hydroxylation sites is 1. The van der Waals surface area contributed by atoms with Crippen LogP contribution in [0, 0.1) is 6.92 Å². The van der Waals surface area contributed by atoms with E-state index in [1.165, 1.54) is 0 Å². The van der Waals surface area contributed by atoms with Gasteiger partial charge in [0.25, 0.3) is 0 Å². The van der Waals surface area contributed by atoms with Gasteiger partial charge in [0, 0.05) is 34.8 Å². The highest BCUT2D eigenvalue weighted by molar-refractivity contribution is 5.98. The highest BCUT2D eigenvalue weighted by Crippen LogP contribution is 2.34. The Kier molecular flexibility index (Phi) is 2.82. The molecule has 2 N–H and O–H groups in total. The van der Waals surface area contributed by atoms with Crippen molar-refractivity contribution in [2.75, 3.05) is 0 Å². The summed E-state index contributed by atoms with van der Waals surface area (Å²) in [6, 6.07) is 8.00. The lowest BCUT2D eigenvalue weighted by atomic mass is 10.0. The fourth-order valence-electron chi connectivity index (χ4n) is 2.65. The van der Waals surface area contributed by atoms with Gasteiger partial charge in [-0.2, -0.15) is 5.10 Å². The Hall–Kier alpha value is -2.56. The summed E-state index contributed by atoms with van der Waals surface area (Å²) in [5, 5.41) is 14.4. The Morgan fingerprint density at radius 3 is 2.90 bits per heavy atom. The first-order valence-corrected chi connectivity index (χ1v) is 6.38. The molecule has 0 aliphatic carbocycles. The molecule has 0 bridgehead atoms. The fraction of sp³-hybridized carbons (Fsp3) is 0.200. The van der Waals surface area contributed by atoms with Crippen LogP contribution in [0.3, 0.4) is 0 Å². The van der Waals surface area contributed by atoms with E-state index in [2.05, 4.69) is 10.1 Å². The number of fused-ring (bicyclic) bond motifs is 1. The van der Waals surface area contributed by atoms with Crippen molar-refractivity contribution < 1.29 is 9.90 Å². The summed E-state index contributed by atoms with van der Waals surface area (Å²) in [7, 11) is 1.77. The first-order chi connectivity index (χ1) is 9.58. The number of aromatic amines is 1. The number of nitrogens with one attached hydrogen (secondary N) is 1. The van der Waals surface area contributed by atoms with Gasteiger partial charge >= 0.3 is 5.97 Å². The maximum absolute atomic E-state index is 11.0. The molecular formula is C15H15N3O2. The summed E-state index contributed by atoms with van der Waals surface area (Å²) in [5.74, 6) is -0.854. The Bertz CT molecular complexity index is 799. The smallest absolute Gasteiger partial charge is 0.309 e. The number of H-pyrrole nitrogens is 1. The van der Waals surface area contributed by atoms with Gasteiger partial charge in [0.2, 0.25) is 0 Å². The van der Waals surface area contributed by atoms with Crippen molar-refractivity contribution in [2.24, 2.45) is 7.05 Å². The van der Waals surface area contributed by atoms with E-state index in [0.717, 1.165) is 27.7 Å². The second kappa shape index (κ2) is 4.52. The third-order valence-electron chi connectivity index (χ3n) is 3.54. The lowest BCUT2D eigenvalue weighted by Crippen LogP contribution is -2.07. The quantitative estimate of drug-likeness (QED) is 0.767. The molecule has 20 heavy (non-hydrogen) atoms. The van der Waals surface area contributed by atoms with E-state index in [-0.39, 0.29) is 6.42 Å². The zero-order valence-corrected chi connectivity index (χ0v) is 11.3. The van der Waals surface area contributed by atoms with Crippen molar-refractivity contribution in [2.45, 2.75) is 13.3 Å². The maximum Gasteiger partial charge on any atom is 0.309 e. The van der Waals surface area contributed by atoms with Crippen molar-refractivity contribution >= 4 is 16.9 Å². The van der Waals surface area contributed by atoms with Crippen LogP contribution >= 0.6 is 0 Å². The van der Waals surface area contributed by atoms with Crippen LogP contribution in [0.1, 0.15) is 11.4 Å². The molecule has 0 saturated heterocycles. The van der Waals surface area contributed by atoms with Gasteiger partial charge < -0.3 is 10.1 Å². The predicted molar refractivity (Wildman–Crippen MR) is 76.6 cm³/mol. The van der Waals surface area contributed by atoms with Crippen molar-refractivity contribution in [1.29, 1.82) is 0 Å². The Balaban J connectivity index is 2.26. The van der Waals surface area contributed by atoms with Gasteiger partial charge in [-0.05, 0) is 13.0 Å². The van der Waals surface area contributed by atoms with Crippen LogP contribution in [-0.2, 0) is 18.3 Å². The Morgan fingerprint density at radius 1 is 1.40 bits per heavy atom. The molecule has 2 aromatic heterocycles. The normalized spacial score (nSPS) is 11.1. The van der Waals surface area contributed by atoms with Crippen molar-refractivity contribution in [3.8, 4) is 11.1 Å². The summed E-state index contributed by atoms with van der Waals surface area (Å²) in [4.78, 5) is 14.4. The summed E-state index contributed by atoms with van der Waals surface area (Å²) < 4.78 is 1.63. The molecule has 5 nitrogen and oxygen atoms in total. The molecule has 3 rings (SSSR count). The van der Waals surface area contributed by atoms with Crippen LogP contribution in [0.25, 0.3) is 22.0 Å². The number of rotatable bonds is 3.